The molecule has 0 aliphatic rings. The van der Waals surface area contributed by atoms with Crippen LogP contribution < -0.4 is 0 Å². The molecule has 0 spiro atoms. The van der Waals surface area contributed by atoms with Gasteiger partial charge >= 0.3 is 6.18 Å². The highest BCUT2D eigenvalue weighted by Gasteiger charge is 2.38. The van der Waals surface area contributed by atoms with Crippen molar-refractivity contribution >= 4 is 43.3 Å². The lowest BCUT2D eigenvalue weighted by Gasteiger charge is -2.13. The number of nitrogens with zero attached hydrogens (tertiary/aromatic N) is 1. The van der Waals surface area contributed by atoms with Gasteiger partial charge in [0.05, 0.1) is 15.8 Å². The molecule has 0 atom stereocenters. The molecule has 98 valence electrons. The van der Waals surface area contributed by atoms with Crippen molar-refractivity contribution in [2.24, 2.45) is 0 Å². The van der Waals surface area contributed by atoms with Crippen LogP contribution in [0.3, 0.4) is 0 Å². The maximum absolute atomic E-state index is 12.8. The minimum absolute atomic E-state index is 0.357. The Bertz CT molecular complexity index is 517. The van der Waals surface area contributed by atoms with Gasteiger partial charge in [-0.2, -0.15) is 13.2 Å². The maximum Gasteiger partial charge on any atom is 0.418 e. The van der Waals surface area contributed by atoms with Gasteiger partial charge in [0.1, 0.15) is 0 Å². The number of carbonyl (C=O) groups excluding carboxylic acids is 1. The van der Waals surface area contributed by atoms with Crippen LogP contribution in [0.2, 0.25) is 0 Å². The standard InChI is InChI=1S/C9H4Br2F3NO3/c10-3-7(16)5-1-4(15(17)18)2-6(11)8(5)9(12,13)14/h1-2H,3H2. The Morgan fingerprint density at radius 3 is 2.33 bits per heavy atom. The lowest BCUT2D eigenvalue weighted by molar-refractivity contribution is -0.385. The highest BCUT2D eigenvalue weighted by molar-refractivity contribution is 9.10. The molecular formula is C9H4Br2F3NO3. The van der Waals surface area contributed by atoms with Gasteiger partial charge in [-0.3, -0.25) is 14.9 Å². The normalized spacial score (nSPS) is 11.4. The summed E-state index contributed by atoms with van der Waals surface area (Å²) in [5, 5.41) is 10.2. The number of nitro benzene ring substituents is 1. The minimum atomic E-state index is -4.78. The van der Waals surface area contributed by atoms with Gasteiger partial charge < -0.3 is 0 Å². The summed E-state index contributed by atoms with van der Waals surface area (Å²) in [6.45, 7) is 0. The molecule has 0 radical (unpaired) electrons. The molecular weight excluding hydrogens is 387 g/mol. The van der Waals surface area contributed by atoms with E-state index in [9.17, 15) is 28.1 Å². The molecule has 4 nitrogen and oxygen atoms in total. The number of non-ortho nitro benzene ring substituents is 1. The van der Waals surface area contributed by atoms with Gasteiger partial charge in [-0.15, -0.1) is 0 Å². The van der Waals surface area contributed by atoms with E-state index in [2.05, 4.69) is 31.9 Å². The van der Waals surface area contributed by atoms with E-state index >= 15 is 0 Å². The summed E-state index contributed by atoms with van der Waals surface area (Å²) in [4.78, 5) is 21.1. The van der Waals surface area contributed by atoms with E-state index in [4.69, 9.17) is 0 Å². The Morgan fingerprint density at radius 2 is 1.94 bits per heavy atom. The van der Waals surface area contributed by atoms with Crippen LogP contribution in [0.4, 0.5) is 18.9 Å². The fourth-order valence-electron chi connectivity index (χ4n) is 1.28. The van der Waals surface area contributed by atoms with Crippen LogP contribution >= 0.6 is 31.9 Å². The Kier molecular flexibility index (Phi) is 4.49. The van der Waals surface area contributed by atoms with Crippen molar-refractivity contribution in [3.63, 3.8) is 0 Å². The third-order valence-electron chi connectivity index (χ3n) is 1.99. The first-order valence-corrected chi connectivity index (χ1v) is 6.24. The molecule has 0 aliphatic heterocycles. The summed E-state index contributed by atoms with van der Waals surface area (Å²) in [5.74, 6) is -0.883. The van der Waals surface area contributed by atoms with Gasteiger partial charge in [-0.25, -0.2) is 0 Å². The Balaban J connectivity index is 3.60. The van der Waals surface area contributed by atoms with E-state index in [-0.39, 0.29) is 5.33 Å². The number of carbonyl (C=O) groups is 1. The molecule has 9 heteroatoms. The molecule has 0 N–H and O–H groups in total. The summed E-state index contributed by atoms with van der Waals surface area (Å²) in [6.07, 6.45) is -4.78. The average Bonchev–Trinajstić information content (AvgIpc) is 2.24. The molecule has 0 saturated carbocycles. The average molecular weight is 391 g/mol. The van der Waals surface area contributed by atoms with Crippen LogP contribution in [0.5, 0.6) is 0 Å². The lowest BCUT2D eigenvalue weighted by atomic mass is 10.0. The van der Waals surface area contributed by atoms with Crippen LogP contribution in [0.1, 0.15) is 15.9 Å². The van der Waals surface area contributed by atoms with E-state index < -0.39 is 38.2 Å². The molecule has 0 aromatic heterocycles. The van der Waals surface area contributed by atoms with Crippen LogP contribution in [0.25, 0.3) is 0 Å². The second kappa shape index (κ2) is 5.35. The predicted molar refractivity (Wildman–Crippen MR) is 63.9 cm³/mol. The number of hydrogen-bond donors (Lipinski definition) is 0. The van der Waals surface area contributed by atoms with Crippen molar-refractivity contribution in [2.45, 2.75) is 6.18 Å². The molecule has 1 aromatic carbocycles. The zero-order valence-corrected chi connectivity index (χ0v) is 11.6. The molecule has 0 bridgehead atoms. The first kappa shape index (κ1) is 15.1. The zero-order chi connectivity index (χ0) is 14.1. The minimum Gasteiger partial charge on any atom is -0.293 e. The topological polar surface area (TPSA) is 60.2 Å². The summed E-state index contributed by atoms with van der Waals surface area (Å²) >= 11 is 5.34. The van der Waals surface area contributed by atoms with Gasteiger partial charge in [-0.05, 0) is 15.9 Å². The summed E-state index contributed by atoms with van der Waals surface area (Å²) < 4.78 is 37.8. The Hall–Kier alpha value is -0.960. The summed E-state index contributed by atoms with van der Waals surface area (Å²) in [6, 6.07) is 1.34. The third-order valence-corrected chi connectivity index (χ3v) is 3.13. The zero-order valence-electron chi connectivity index (χ0n) is 8.42. The van der Waals surface area contributed by atoms with E-state index in [0.29, 0.717) is 12.1 Å². The van der Waals surface area contributed by atoms with Gasteiger partial charge in [0.25, 0.3) is 5.69 Å². The fraction of sp³-hybridized carbons (Fsp3) is 0.222. The van der Waals surface area contributed by atoms with E-state index in [1.54, 1.807) is 0 Å². The van der Waals surface area contributed by atoms with Gasteiger partial charge in [0, 0.05) is 22.2 Å². The number of benzene rings is 1. The van der Waals surface area contributed by atoms with E-state index in [1.165, 1.54) is 0 Å². The quantitative estimate of drug-likeness (QED) is 0.340. The van der Waals surface area contributed by atoms with Crippen LogP contribution in [-0.4, -0.2) is 16.0 Å². The second-order valence-electron chi connectivity index (χ2n) is 3.16. The molecule has 0 fully saturated rings. The SMILES string of the molecule is O=C(CBr)c1cc([N+](=O)[O-])cc(Br)c1C(F)(F)F. The largest absolute Gasteiger partial charge is 0.418 e. The molecule has 1 aromatic rings. The fourth-order valence-corrected chi connectivity index (χ4v) is 2.25. The molecule has 0 aliphatic carbocycles. The number of alkyl halides is 4. The van der Waals surface area contributed by atoms with Gasteiger partial charge in [0.2, 0.25) is 0 Å². The van der Waals surface area contributed by atoms with Crippen LogP contribution in [-0.2, 0) is 6.18 Å². The van der Waals surface area contributed by atoms with Gasteiger partial charge in [0.15, 0.2) is 5.78 Å². The molecule has 0 heterocycles. The van der Waals surface area contributed by atoms with Crippen molar-refractivity contribution in [3.05, 3.63) is 37.8 Å². The number of halogens is 5. The van der Waals surface area contributed by atoms with Crippen LogP contribution in [0, 0.1) is 10.1 Å². The highest BCUT2D eigenvalue weighted by Crippen LogP contribution is 2.39. The van der Waals surface area contributed by atoms with E-state index in [1.807, 2.05) is 0 Å². The predicted octanol–water partition coefficient (Wildman–Crippen LogP) is 3.95. The van der Waals surface area contributed by atoms with Crippen molar-refractivity contribution in [1.29, 1.82) is 0 Å². The molecule has 0 unspecified atom stereocenters. The molecule has 0 saturated heterocycles. The number of nitro groups is 1. The number of Topliss-reactive ketones (excluding diaryl/α,β-unsaturated/α-hetero) is 1. The summed E-state index contributed by atoms with van der Waals surface area (Å²) in [5.41, 5.74) is -2.53. The number of hydrogen-bond acceptors (Lipinski definition) is 3. The molecule has 1 rings (SSSR count). The number of ketones is 1. The van der Waals surface area contributed by atoms with Crippen molar-refractivity contribution < 1.29 is 22.9 Å². The van der Waals surface area contributed by atoms with Crippen molar-refractivity contribution in [1.82, 2.24) is 0 Å². The first-order chi connectivity index (χ1) is 8.18. The summed E-state index contributed by atoms with van der Waals surface area (Å²) in [7, 11) is 0. The number of rotatable bonds is 3. The molecule has 18 heavy (non-hydrogen) atoms. The van der Waals surface area contributed by atoms with Crippen molar-refractivity contribution in [3.8, 4) is 0 Å². The first-order valence-electron chi connectivity index (χ1n) is 4.32. The third kappa shape index (κ3) is 3.08. The van der Waals surface area contributed by atoms with Gasteiger partial charge in [-0.1, -0.05) is 15.9 Å². The van der Waals surface area contributed by atoms with Crippen molar-refractivity contribution in [2.75, 3.05) is 5.33 Å². The van der Waals surface area contributed by atoms with Crippen LogP contribution in [0.15, 0.2) is 16.6 Å². The second-order valence-corrected chi connectivity index (χ2v) is 4.58. The Labute approximate surface area is 116 Å². The highest BCUT2D eigenvalue weighted by atomic mass is 79.9. The monoisotopic (exact) mass is 389 g/mol. The smallest absolute Gasteiger partial charge is 0.293 e. The Morgan fingerprint density at radius 1 is 1.39 bits per heavy atom. The van der Waals surface area contributed by atoms with E-state index in [0.717, 1.165) is 0 Å². The lowest BCUT2D eigenvalue weighted by Crippen LogP contribution is -2.15. The molecule has 0 amide bonds. The maximum atomic E-state index is 12.8.